The van der Waals surface area contributed by atoms with E-state index in [4.69, 9.17) is 10.5 Å². The van der Waals surface area contributed by atoms with Gasteiger partial charge in [-0.15, -0.1) is 0 Å². The van der Waals surface area contributed by atoms with Crippen molar-refractivity contribution in [3.05, 3.63) is 29.8 Å². The molecule has 0 aromatic heterocycles. The first-order chi connectivity index (χ1) is 9.19. The highest BCUT2D eigenvalue weighted by Gasteiger charge is 2.22. The van der Waals surface area contributed by atoms with Crippen molar-refractivity contribution >= 4 is 11.6 Å². The average Bonchev–Trinajstić information content (AvgIpc) is 2.90. The van der Waals surface area contributed by atoms with Crippen molar-refractivity contribution in [1.82, 2.24) is 4.90 Å². The third-order valence-electron chi connectivity index (χ3n) is 3.51. The van der Waals surface area contributed by atoms with Gasteiger partial charge in [-0.25, -0.2) is 0 Å². The fourth-order valence-corrected chi connectivity index (χ4v) is 2.35. The van der Waals surface area contributed by atoms with E-state index >= 15 is 0 Å². The standard InChI is InChI=1S/C15H22N2O2/c1-2-17(11-12-5-7-13(16)8-6-12)15(18)10-14-4-3-9-19-14/h5-8,14H,2-4,9-11,16H2,1H3. The van der Waals surface area contributed by atoms with E-state index in [0.29, 0.717) is 13.0 Å². The van der Waals surface area contributed by atoms with Crippen molar-refractivity contribution < 1.29 is 9.53 Å². The van der Waals surface area contributed by atoms with Gasteiger partial charge in [0.15, 0.2) is 0 Å². The molecule has 0 radical (unpaired) electrons. The molecule has 19 heavy (non-hydrogen) atoms. The molecule has 2 rings (SSSR count). The Morgan fingerprint density at radius 1 is 1.42 bits per heavy atom. The summed E-state index contributed by atoms with van der Waals surface area (Å²) in [6.45, 7) is 4.16. The first kappa shape index (κ1) is 13.9. The second-order valence-corrected chi connectivity index (χ2v) is 4.99. The molecule has 0 spiro atoms. The highest BCUT2D eigenvalue weighted by molar-refractivity contribution is 5.76. The van der Waals surface area contributed by atoms with Crippen molar-refractivity contribution in [1.29, 1.82) is 0 Å². The van der Waals surface area contributed by atoms with Crippen LogP contribution in [0.15, 0.2) is 24.3 Å². The number of benzene rings is 1. The van der Waals surface area contributed by atoms with Crippen molar-refractivity contribution in [2.75, 3.05) is 18.9 Å². The number of nitrogens with two attached hydrogens (primary N) is 1. The molecular formula is C15H22N2O2. The second-order valence-electron chi connectivity index (χ2n) is 4.99. The zero-order chi connectivity index (χ0) is 13.7. The molecule has 0 aliphatic carbocycles. The number of carbonyl (C=O) groups is 1. The van der Waals surface area contributed by atoms with Crippen LogP contribution in [0.4, 0.5) is 5.69 Å². The number of nitrogens with zero attached hydrogens (tertiary/aromatic N) is 1. The van der Waals surface area contributed by atoms with E-state index in [1.807, 2.05) is 36.1 Å². The largest absolute Gasteiger partial charge is 0.399 e. The molecule has 1 aliphatic rings. The second kappa shape index (κ2) is 6.57. The van der Waals surface area contributed by atoms with Gasteiger partial charge in [0.1, 0.15) is 0 Å². The van der Waals surface area contributed by atoms with Gasteiger partial charge in [0.25, 0.3) is 0 Å². The monoisotopic (exact) mass is 262 g/mol. The number of anilines is 1. The summed E-state index contributed by atoms with van der Waals surface area (Å²) in [5, 5.41) is 0. The van der Waals surface area contributed by atoms with Gasteiger partial charge < -0.3 is 15.4 Å². The molecule has 1 fully saturated rings. The minimum atomic E-state index is 0.118. The Morgan fingerprint density at radius 2 is 2.16 bits per heavy atom. The van der Waals surface area contributed by atoms with Crippen LogP contribution >= 0.6 is 0 Å². The number of amides is 1. The van der Waals surface area contributed by atoms with Crippen LogP contribution in [0.5, 0.6) is 0 Å². The van der Waals surface area contributed by atoms with Gasteiger partial charge >= 0.3 is 0 Å². The summed E-state index contributed by atoms with van der Waals surface area (Å²) < 4.78 is 5.52. The lowest BCUT2D eigenvalue weighted by molar-refractivity contribution is -0.133. The smallest absolute Gasteiger partial charge is 0.225 e. The van der Waals surface area contributed by atoms with Gasteiger partial charge in [0.05, 0.1) is 12.5 Å². The van der Waals surface area contributed by atoms with E-state index < -0.39 is 0 Å². The Kier molecular flexibility index (Phi) is 4.80. The molecule has 1 unspecified atom stereocenters. The molecule has 1 amide bonds. The van der Waals surface area contributed by atoms with Crippen molar-refractivity contribution in [2.45, 2.75) is 38.8 Å². The van der Waals surface area contributed by atoms with E-state index in [-0.39, 0.29) is 12.0 Å². The molecule has 0 bridgehead atoms. The maximum atomic E-state index is 12.2. The van der Waals surface area contributed by atoms with Crippen molar-refractivity contribution in [3.8, 4) is 0 Å². The van der Waals surface area contributed by atoms with Gasteiger partial charge in [-0.3, -0.25) is 4.79 Å². The molecule has 0 saturated carbocycles. The topological polar surface area (TPSA) is 55.6 Å². The van der Waals surface area contributed by atoms with Crippen LogP contribution < -0.4 is 5.73 Å². The average molecular weight is 262 g/mol. The molecule has 1 atom stereocenters. The number of hydrogen-bond donors (Lipinski definition) is 1. The Hall–Kier alpha value is -1.55. The van der Waals surface area contributed by atoms with Gasteiger partial charge in [-0.1, -0.05) is 12.1 Å². The Morgan fingerprint density at radius 3 is 2.74 bits per heavy atom. The van der Waals surface area contributed by atoms with E-state index in [2.05, 4.69) is 0 Å². The normalized spacial score (nSPS) is 18.5. The highest BCUT2D eigenvalue weighted by atomic mass is 16.5. The quantitative estimate of drug-likeness (QED) is 0.828. The first-order valence-electron chi connectivity index (χ1n) is 6.93. The third-order valence-corrected chi connectivity index (χ3v) is 3.51. The molecule has 1 aromatic rings. The van der Waals surface area contributed by atoms with Crippen LogP contribution in [0.25, 0.3) is 0 Å². The predicted octanol–water partition coefficient (Wildman–Crippen LogP) is 2.19. The number of hydrogen-bond acceptors (Lipinski definition) is 3. The Bertz CT molecular complexity index is 411. The lowest BCUT2D eigenvalue weighted by atomic mass is 10.1. The fraction of sp³-hybridized carbons (Fsp3) is 0.533. The maximum Gasteiger partial charge on any atom is 0.225 e. The van der Waals surface area contributed by atoms with Gasteiger partial charge in [-0.05, 0) is 37.5 Å². The third kappa shape index (κ3) is 3.96. The molecule has 104 valence electrons. The lowest BCUT2D eigenvalue weighted by Gasteiger charge is -2.22. The van der Waals surface area contributed by atoms with Crippen LogP contribution in [0.3, 0.4) is 0 Å². The predicted molar refractivity (Wildman–Crippen MR) is 75.5 cm³/mol. The number of rotatable bonds is 5. The van der Waals surface area contributed by atoms with Crippen LogP contribution in [-0.4, -0.2) is 30.1 Å². The lowest BCUT2D eigenvalue weighted by Crippen LogP contribution is -2.32. The summed E-state index contributed by atoms with van der Waals surface area (Å²) in [5.74, 6) is 0.172. The van der Waals surface area contributed by atoms with Gasteiger partial charge in [0.2, 0.25) is 5.91 Å². The molecule has 4 heteroatoms. The van der Waals surface area contributed by atoms with Crippen LogP contribution in [0, 0.1) is 0 Å². The van der Waals surface area contributed by atoms with E-state index in [0.717, 1.165) is 37.2 Å². The maximum absolute atomic E-state index is 12.2. The molecule has 1 saturated heterocycles. The fourth-order valence-electron chi connectivity index (χ4n) is 2.35. The van der Waals surface area contributed by atoms with Crippen LogP contribution in [0.1, 0.15) is 31.7 Å². The molecular weight excluding hydrogens is 240 g/mol. The van der Waals surface area contributed by atoms with Crippen molar-refractivity contribution in [3.63, 3.8) is 0 Å². The number of ether oxygens (including phenoxy) is 1. The number of carbonyl (C=O) groups excluding carboxylic acids is 1. The molecule has 1 heterocycles. The Balaban J connectivity index is 1.91. The Labute approximate surface area is 114 Å². The summed E-state index contributed by atoms with van der Waals surface area (Å²) in [4.78, 5) is 14.1. The minimum Gasteiger partial charge on any atom is -0.399 e. The SMILES string of the molecule is CCN(Cc1ccc(N)cc1)C(=O)CC1CCCO1. The van der Waals surface area contributed by atoms with Gasteiger partial charge in [-0.2, -0.15) is 0 Å². The summed E-state index contributed by atoms with van der Waals surface area (Å²) in [5.41, 5.74) is 7.52. The summed E-state index contributed by atoms with van der Waals surface area (Å²) in [6.07, 6.45) is 2.70. The van der Waals surface area contributed by atoms with E-state index in [9.17, 15) is 4.79 Å². The van der Waals surface area contributed by atoms with Crippen LogP contribution in [-0.2, 0) is 16.1 Å². The van der Waals surface area contributed by atoms with Crippen molar-refractivity contribution in [2.24, 2.45) is 0 Å². The molecule has 1 aromatic carbocycles. The molecule has 4 nitrogen and oxygen atoms in total. The van der Waals surface area contributed by atoms with Crippen LogP contribution in [0.2, 0.25) is 0 Å². The zero-order valence-electron chi connectivity index (χ0n) is 11.5. The molecule has 1 aliphatic heterocycles. The van der Waals surface area contributed by atoms with E-state index in [1.165, 1.54) is 0 Å². The van der Waals surface area contributed by atoms with Gasteiger partial charge in [0, 0.05) is 25.4 Å². The summed E-state index contributed by atoms with van der Waals surface area (Å²) in [7, 11) is 0. The molecule has 2 N–H and O–H groups in total. The zero-order valence-corrected chi connectivity index (χ0v) is 11.5. The first-order valence-corrected chi connectivity index (χ1v) is 6.93. The highest BCUT2D eigenvalue weighted by Crippen LogP contribution is 2.17. The summed E-state index contributed by atoms with van der Waals surface area (Å²) >= 11 is 0. The number of nitrogen functional groups attached to an aromatic ring is 1. The van der Waals surface area contributed by atoms with E-state index in [1.54, 1.807) is 0 Å². The minimum absolute atomic E-state index is 0.118. The summed E-state index contributed by atoms with van der Waals surface area (Å²) in [6, 6.07) is 7.68.